The van der Waals surface area contributed by atoms with E-state index in [1.807, 2.05) is 0 Å². The molecule has 0 spiro atoms. The summed E-state index contributed by atoms with van der Waals surface area (Å²) in [5, 5.41) is 17.5. The van der Waals surface area contributed by atoms with Crippen LogP contribution in [0.5, 0.6) is 0 Å². The largest absolute Gasteiger partial charge is 0.317 e. The van der Waals surface area contributed by atoms with Crippen molar-refractivity contribution in [3.63, 3.8) is 0 Å². The van der Waals surface area contributed by atoms with Crippen LogP contribution in [-0.2, 0) is 0 Å². The Hall–Kier alpha value is -0.240. The Labute approximate surface area is 157 Å². The van der Waals surface area contributed by atoms with Gasteiger partial charge in [-0.2, -0.15) is 0 Å². The molecule has 0 radical (unpaired) electrons. The molecule has 0 aliphatic rings. The molecule has 0 aliphatic carbocycles. The average molecular weight is 359 g/mol. The van der Waals surface area contributed by atoms with Crippen LogP contribution in [0.3, 0.4) is 0 Å². The van der Waals surface area contributed by atoms with Crippen molar-refractivity contribution in [1.82, 2.24) is 31.5 Å². The SMILES string of the molecule is CCNCCCNC(C)N(C)CCCNCC(C)NCCNC(C)C. The van der Waals surface area contributed by atoms with Gasteiger partial charge >= 0.3 is 0 Å². The van der Waals surface area contributed by atoms with E-state index in [0.717, 1.165) is 52.4 Å². The fraction of sp³-hybridized carbons (Fsp3) is 1.00. The molecule has 0 aromatic rings. The minimum absolute atomic E-state index is 0.440. The predicted octanol–water partition coefficient (Wildman–Crippen LogP) is 0.809. The highest BCUT2D eigenvalue weighted by Gasteiger charge is 2.07. The van der Waals surface area contributed by atoms with Crippen molar-refractivity contribution < 1.29 is 0 Å². The molecule has 0 rings (SSSR count). The van der Waals surface area contributed by atoms with Crippen LogP contribution in [-0.4, -0.2) is 82.6 Å². The van der Waals surface area contributed by atoms with Crippen molar-refractivity contribution in [1.29, 1.82) is 0 Å². The van der Waals surface area contributed by atoms with Crippen LogP contribution in [0.15, 0.2) is 0 Å². The topological polar surface area (TPSA) is 63.4 Å². The second-order valence-electron chi connectivity index (χ2n) is 7.34. The van der Waals surface area contributed by atoms with Crippen LogP contribution in [0.25, 0.3) is 0 Å². The molecule has 0 fully saturated rings. The Kier molecular flexibility index (Phi) is 17.0. The van der Waals surface area contributed by atoms with E-state index >= 15 is 0 Å². The molecule has 0 heterocycles. The highest BCUT2D eigenvalue weighted by molar-refractivity contribution is 4.67. The number of rotatable bonds is 18. The summed E-state index contributed by atoms with van der Waals surface area (Å²) in [5.41, 5.74) is 0. The molecule has 152 valence electrons. The average Bonchev–Trinajstić information content (AvgIpc) is 2.57. The van der Waals surface area contributed by atoms with Crippen molar-refractivity contribution >= 4 is 0 Å². The third-order valence-corrected chi connectivity index (χ3v) is 4.37. The van der Waals surface area contributed by atoms with Gasteiger partial charge < -0.3 is 26.6 Å². The van der Waals surface area contributed by atoms with Crippen molar-refractivity contribution in [3.05, 3.63) is 0 Å². The van der Waals surface area contributed by atoms with E-state index in [9.17, 15) is 0 Å². The summed E-state index contributed by atoms with van der Waals surface area (Å²) in [7, 11) is 2.20. The lowest BCUT2D eigenvalue weighted by atomic mass is 10.3. The van der Waals surface area contributed by atoms with Crippen molar-refractivity contribution in [2.24, 2.45) is 0 Å². The molecular formula is C19H46N6. The first-order valence-corrected chi connectivity index (χ1v) is 10.3. The molecule has 0 aromatic heterocycles. The molecule has 6 nitrogen and oxygen atoms in total. The van der Waals surface area contributed by atoms with E-state index in [1.165, 1.54) is 12.8 Å². The Bertz CT molecular complexity index is 275. The van der Waals surface area contributed by atoms with Gasteiger partial charge in [0.1, 0.15) is 0 Å². The molecule has 0 saturated carbocycles. The molecule has 2 atom stereocenters. The molecular weight excluding hydrogens is 312 g/mol. The highest BCUT2D eigenvalue weighted by Crippen LogP contribution is 1.93. The minimum atomic E-state index is 0.440. The second-order valence-corrected chi connectivity index (χ2v) is 7.34. The van der Waals surface area contributed by atoms with Gasteiger partial charge in [-0.25, -0.2) is 0 Å². The van der Waals surface area contributed by atoms with Crippen LogP contribution >= 0.6 is 0 Å². The van der Waals surface area contributed by atoms with Crippen LogP contribution in [0.4, 0.5) is 0 Å². The predicted molar refractivity (Wildman–Crippen MR) is 111 cm³/mol. The zero-order chi connectivity index (χ0) is 18.9. The maximum atomic E-state index is 3.59. The summed E-state index contributed by atoms with van der Waals surface area (Å²) >= 11 is 0. The number of hydrogen-bond donors (Lipinski definition) is 5. The molecule has 6 heteroatoms. The van der Waals surface area contributed by atoms with Gasteiger partial charge in [0.05, 0.1) is 6.17 Å². The first kappa shape index (κ1) is 24.8. The fourth-order valence-corrected chi connectivity index (χ4v) is 2.57. The van der Waals surface area contributed by atoms with Crippen molar-refractivity contribution in [2.45, 2.75) is 65.7 Å². The molecule has 0 amide bonds. The van der Waals surface area contributed by atoms with Crippen molar-refractivity contribution in [3.8, 4) is 0 Å². The van der Waals surface area contributed by atoms with E-state index in [0.29, 0.717) is 18.2 Å². The lowest BCUT2D eigenvalue weighted by molar-refractivity contribution is 0.216. The normalized spacial score (nSPS) is 14.4. The molecule has 0 aromatic carbocycles. The van der Waals surface area contributed by atoms with Gasteiger partial charge in [0.15, 0.2) is 0 Å². The first-order chi connectivity index (χ1) is 12.0. The molecule has 5 N–H and O–H groups in total. The molecule has 0 aliphatic heterocycles. The van der Waals surface area contributed by atoms with Crippen LogP contribution in [0.1, 0.15) is 47.5 Å². The maximum absolute atomic E-state index is 3.59. The van der Waals surface area contributed by atoms with E-state index < -0.39 is 0 Å². The summed E-state index contributed by atoms with van der Waals surface area (Å²) in [6.45, 7) is 19.5. The van der Waals surface area contributed by atoms with E-state index in [2.05, 4.69) is 73.2 Å². The zero-order valence-electron chi connectivity index (χ0n) is 17.8. The van der Waals surface area contributed by atoms with Gasteiger partial charge in [-0.1, -0.05) is 20.8 Å². The van der Waals surface area contributed by atoms with Gasteiger partial charge in [0.2, 0.25) is 0 Å². The van der Waals surface area contributed by atoms with Gasteiger partial charge in [0, 0.05) is 38.3 Å². The molecule has 25 heavy (non-hydrogen) atoms. The highest BCUT2D eigenvalue weighted by atomic mass is 15.2. The summed E-state index contributed by atoms with van der Waals surface area (Å²) < 4.78 is 0. The Balaban J connectivity index is 3.47. The Morgan fingerprint density at radius 3 is 2.12 bits per heavy atom. The van der Waals surface area contributed by atoms with Gasteiger partial charge in [-0.15, -0.1) is 0 Å². The molecule has 0 saturated heterocycles. The summed E-state index contributed by atoms with van der Waals surface area (Å²) in [6, 6.07) is 1.08. The molecule has 0 bridgehead atoms. The quantitative estimate of drug-likeness (QED) is 0.185. The number of nitrogens with zero attached hydrogens (tertiary/aromatic N) is 1. The summed E-state index contributed by atoms with van der Waals surface area (Å²) in [6.07, 6.45) is 2.81. The first-order valence-electron chi connectivity index (χ1n) is 10.3. The fourth-order valence-electron chi connectivity index (χ4n) is 2.57. The summed E-state index contributed by atoms with van der Waals surface area (Å²) in [4.78, 5) is 2.40. The Morgan fingerprint density at radius 1 is 0.760 bits per heavy atom. The smallest absolute Gasteiger partial charge is 0.0565 e. The van der Waals surface area contributed by atoms with Crippen LogP contribution in [0, 0.1) is 0 Å². The zero-order valence-corrected chi connectivity index (χ0v) is 17.8. The standard InChI is InChI=1S/C19H46N6/c1-7-20-10-8-12-24-19(5)25(6)15-9-11-21-16-18(4)23-14-13-22-17(2)3/h17-24H,7-16H2,1-6H3. The van der Waals surface area contributed by atoms with Crippen molar-refractivity contribution in [2.75, 3.05) is 59.4 Å². The lowest BCUT2D eigenvalue weighted by Crippen LogP contribution is -2.43. The number of hydrogen-bond acceptors (Lipinski definition) is 6. The lowest BCUT2D eigenvalue weighted by Gasteiger charge is -2.26. The summed E-state index contributed by atoms with van der Waals surface area (Å²) in [5.74, 6) is 0. The molecule has 2 unspecified atom stereocenters. The third kappa shape index (κ3) is 17.0. The minimum Gasteiger partial charge on any atom is -0.317 e. The second kappa shape index (κ2) is 17.2. The van der Waals surface area contributed by atoms with Crippen LogP contribution < -0.4 is 26.6 Å². The number of nitrogens with one attached hydrogen (secondary N) is 5. The maximum Gasteiger partial charge on any atom is 0.0565 e. The van der Waals surface area contributed by atoms with E-state index in [4.69, 9.17) is 0 Å². The monoisotopic (exact) mass is 358 g/mol. The van der Waals surface area contributed by atoms with Gasteiger partial charge in [-0.05, 0) is 59.9 Å². The van der Waals surface area contributed by atoms with E-state index in [1.54, 1.807) is 0 Å². The van der Waals surface area contributed by atoms with Gasteiger partial charge in [0.25, 0.3) is 0 Å². The Morgan fingerprint density at radius 2 is 1.44 bits per heavy atom. The van der Waals surface area contributed by atoms with Crippen LogP contribution in [0.2, 0.25) is 0 Å². The van der Waals surface area contributed by atoms with Gasteiger partial charge in [-0.3, -0.25) is 4.90 Å². The van der Waals surface area contributed by atoms with E-state index in [-0.39, 0.29) is 0 Å². The third-order valence-electron chi connectivity index (χ3n) is 4.37.